The number of aryl methyl sites for hydroxylation is 1. The van der Waals surface area contributed by atoms with E-state index in [2.05, 4.69) is 31.3 Å². The maximum absolute atomic E-state index is 12.3. The number of benzene rings is 1. The number of anilines is 1. The molecular weight excluding hydrogens is 358 g/mol. The summed E-state index contributed by atoms with van der Waals surface area (Å²) in [6, 6.07) is 3.13. The molecule has 1 amide bonds. The van der Waals surface area contributed by atoms with E-state index in [1.165, 1.54) is 13.0 Å². The van der Waals surface area contributed by atoms with E-state index < -0.39 is 10.0 Å². The first kappa shape index (κ1) is 18.1. The maximum Gasteiger partial charge on any atom is 0.240 e. The lowest BCUT2D eigenvalue weighted by Gasteiger charge is -2.13. The predicted octanol–water partition coefficient (Wildman–Crippen LogP) is 1.60. The minimum absolute atomic E-state index is 0.202. The molecule has 0 aliphatic rings. The Balaban J connectivity index is 2.97. The Bertz CT molecular complexity index is 617. The molecule has 3 N–H and O–H groups in total. The fourth-order valence-electron chi connectivity index (χ4n) is 1.79. The zero-order chi connectivity index (χ0) is 16.0. The molecule has 8 heteroatoms. The van der Waals surface area contributed by atoms with Crippen LogP contribution in [0.25, 0.3) is 0 Å². The summed E-state index contributed by atoms with van der Waals surface area (Å²) in [5.74, 6) is -0.212. The van der Waals surface area contributed by atoms with Gasteiger partial charge in [0.25, 0.3) is 0 Å². The third-order valence-corrected chi connectivity index (χ3v) is 5.02. The Hall–Kier alpha value is -0.960. The van der Waals surface area contributed by atoms with Crippen LogP contribution in [0.15, 0.2) is 21.5 Å². The van der Waals surface area contributed by atoms with Crippen molar-refractivity contribution in [2.24, 2.45) is 0 Å². The summed E-state index contributed by atoms with van der Waals surface area (Å²) in [6.45, 7) is 4.20. The smallest absolute Gasteiger partial charge is 0.240 e. The number of carbonyl (C=O) groups excluding carboxylic acids is 1. The molecule has 1 aromatic carbocycles. The fraction of sp³-hybridized carbons (Fsp3) is 0.462. The second-order valence-electron chi connectivity index (χ2n) is 4.63. The highest BCUT2D eigenvalue weighted by Crippen LogP contribution is 2.28. The first-order valence-corrected chi connectivity index (χ1v) is 8.77. The zero-order valence-corrected chi connectivity index (χ0v) is 14.7. The molecule has 0 unspecified atom stereocenters. The molecule has 118 valence electrons. The van der Waals surface area contributed by atoms with Crippen molar-refractivity contribution in [3.8, 4) is 0 Å². The van der Waals surface area contributed by atoms with Gasteiger partial charge in [-0.15, -0.1) is 0 Å². The monoisotopic (exact) mass is 377 g/mol. The van der Waals surface area contributed by atoms with Crippen molar-refractivity contribution in [2.75, 3.05) is 25.5 Å². The van der Waals surface area contributed by atoms with Crippen molar-refractivity contribution in [1.29, 1.82) is 0 Å². The van der Waals surface area contributed by atoms with Crippen molar-refractivity contribution in [3.05, 3.63) is 22.2 Å². The first-order valence-electron chi connectivity index (χ1n) is 6.50. The summed E-state index contributed by atoms with van der Waals surface area (Å²) in [5, 5.41) is 5.60. The Morgan fingerprint density at radius 3 is 2.52 bits per heavy atom. The van der Waals surface area contributed by atoms with E-state index in [-0.39, 0.29) is 10.8 Å². The summed E-state index contributed by atoms with van der Waals surface area (Å²) in [6.07, 6.45) is 0.708. The molecule has 0 atom stereocenters. The van der Waals surface area contributed by atoms with Crippen LogP contribution >= 0.6 is 15.9 Å². The van der Waals surface area contributed by atoms with E-state index in [4.69, 9.17) is 0 Å². The highest BCUT2D eigenvalue weighted by molar-refractivity contribution is 9.10. The number of amides is 1. The normalized spacial score (nSPS) is 11.4. The van der Waals surface area contributed by atoms with E-state index >= 15 is 0 Å². The van der Waals surface area contributed by atoms with Crippen LogP contribution < -0.4 is 15.4 Å². The van der Waals surface area contributed by atoms with Gasteiger partial charge in [0.1, 0.15) is 0 Å². The number of halogens is 1. The second-order valence-corrected chi connectivity index (χ2v) is 7.22. The third-order valence-electron chi connectivity index (χ3n) is 2.76. The van der Waals surface area contributed by atoms with E-state index in [9.17, 15) is 13.2 Å². The fourth-order valence-corrected chi connectivity index (χ4v) is 3.71. The Kier molecular flexibility index (Phi) is 6.79. The molecule has 1 rings (SSSR count). The van der Waals surface area contributed by atoms with Gasteiger partial charge < -0.3 is 10.6 Å². The van der Waals surface area contributed by atoms with Gasteiger partial charge in [-0.3, -0.25) is 4.79 Å². The van der Waals surface area contributed by atoms with Crippen LogP contribution in [0.4, 0.5) is 5.69 Å². The molecule has 0 heterocycles. The number of hydrogen-bond donors (Lipinski definition) is 3. The van der Waals surface area contributed by atoms with Gasteiger partial charge in [-0.2, -0.15) is 0 Å². The first-order chi connectivity index (χ1) is 9.77. The molecule has 0 aliphatic carbocycles. The van der Waals surface area contributed by atoms with Gasteiger partial charge in [0.2, 0.25) is 15.9 Å². The second kappa shape index (κ2) is 7.88. The van der Waals surface area contributed by atoms with Crippen LogP contribution in [0.5, 0.6) is 0 Å². The number of carbonyl (C=O) groups is 1. The van der Waals surface area contributed by atoms with Crippen molar-refractivity contribution < 1.29 is 13.2 Å². The SMILES string of the molecule is CNCCCNS(=O)(=O)c1cc(Br)c(NC(C)=O)cc1C. The standard InChI is InChI=1S/C13H20BrN3O3S/c1-9-7-12(17-10(2)18)11(14)8-13(9)21(19,20)16-6-4-5-15-3/h7-8,15-16H,4-6H2,1-3H3,(H,17,18). The summed E-state index contributed by atoms with van der Waals surface area (Å²) < 4.78 is 27.6. The minimum atomic E-state index is -3.56. The van der Waals surface area contributed by atoms with Crippen LogP contribution in [0.1, 0.15) is 18.9 Å². The minimum Gasteiger partial charge on any atom is -0.325 e. The van der Waals surface area contributed by atoms with Crippen LogP contribution in [-0.2, 0) is 14.8 Å². The van der Waals surface area contributed by atoms with Gasteiger partial charge in [0.15, 0.2) is 0 Å². The molecular formula is C13H20BrN3O3S. The van der Waals surface area contributed by atoms with Gasteiger partial charge in [-0.1, -0.05) is 0 Å². The van der Waals surface area contributed by atoms with Crippen molar-refractivity contribution in [2.45, 2.75) is 25.2 Å². The van der Waals surface area contributed by atoms with Crippen molar-refractivity contribution in [3.63, 3.8) is 0 Å². The van der Waals surface area contributed by atoms with Crippen LogP contribution in [-0.4, -0.2) is 34.5 Å². The number of nitrogens with one attached hydrogen (secondary N) is 3. The van der Waals surface area contributed by atoms with Crippen LogP contribution in [0.3, 0.4) is 0 Å². The largest absolute Gasteiger partial charge is 0.325 e. The molecule has 0 radical (unpaired) electrons. The quantitative estimate of drug-likeness (QED) is 0.629. The molecule has 0 aromatic heterocycles. The van der Waals surface area contributed by atoms with E-state index in [0.29, 0.717) is 28.7 Å². The number of hydrogen-bond acceptors (Lipinski definition) is 4. The molecule has 0 aliphatic heterocycles. The lowest BCUT2D eigenvalue weighted by atomic mass is 10.2. The van der Waals surface area contributed by atoms with Gasteiger partial charge in [0.05, 0.1) is 10.6 Å². The van der Waals surface area contributed by atoms with E-state index in [1.54, 1.807) is 13.0 Å². The Morgan fingerprint density at radius 1 is 1.29 bits per heavy atom. The lowest BCUT2D eigenvalue weighted by molar-refractivity contribution is -0.114. The van der Waals surface area contributed by atoms with Gasteiger partial charge >= 0.3 is 0 Å². The maximum atomic E-state index is 12.3. The van der Waals surface area contributed by atoms with Crippen LogP contribution in [0.2, 0.25) is 0 Å². The summed E-state index contributed by atoms with van der Waals surface area (Å²) in [4.78, 5) is 11.3. The number of sulfonamides is 1. The molecule has 1 aromatic rings. The Labute approximate surface area is 133 Å². The van der Waals surface area contributed by atoms with Gasteiger partial charge in [-0.05, 0) is 60.6 Å². The van der Waals surface area contributed by atoms with Crippen molar-refractivity contribution in [1.82, 2.24) is 10.0 Å². The van der Waals surface area contributed by atoms with E-state index in [0.717, 1.165) is 6.54 Å². The molecule has 0 bridgehead atoms. The molecule has 21 heavy (non-hydrogen) atoms. The predicted molar refractivity (Wildman–Crippen MR) is 86.9 cm³/mol. The van der Waals surface area contributed by atoms with Crippen LogP contribution in [0, 0.1) is 6.92 Å². The number of rotatable bonds is 7. The lowest BCUT2D eigenvalue weighted by Crippen LogP contribution is -2.27. The highest BCUT2D eigenvalue weighted by atomic mass is 79.9. The highest BCUT2D eigenvalue weighted by Gasteiger charge is 2.18. The molecule has 6 nitrogen and oxygen atoms in total. The average Bonchev–Trinajstić information content (AvgIpc) is 2.38. The van der Waals surface area contributed by atoms with Gasteiger partial charge in [0, 0.05) is 17.9 Å². The average molecular weight is 378 g/mol. The summed E-state index contributed by atoms with van der Waals surface area (Å²) in [5.41, 5.74) is 1.12. The zero-order valence-electron chi connectivity index (χ0n) is 12.3. The molecule has 0 fully saturated rings. The summed E-state index contributed by atoms with van der Waals surface area (Å²) >= 11 is 3.28. The third kappa shape index (κ3) is 5.39. The van der Waals surface area contributed by atoms with Crippen molar-refractivity contribution >= 4 is 37.5 Å². The molecule has 0 saturated heterocycles. The molecule has 0 saturated carbocycles. The Morgan fingerprint density at radius 2 is 1.95 bits per heavy atom. The van der Waals surface area contributed by atoms with Gasteiger partial charge in [-0.25, -0.2) is 13.1 Å². The topological polar surface area (TPSA) is 87.3 Å². The molecule has 0 spiro atoms. The summed E-state index contributed by atoms with van der Waals surface area (Å²) in [7, 11) is -1.74. The van der Waals surface area contributed by atoms with E-state index in [1.807, 2.05) is 7.05 Å².